The summed E-state index contributed by atoms with van der Waals surface area (Å²) in [5, 5.41) is 9.66. The van der Waals surface area contributed by atoms with Gasteiger partial charge in [0, 0.05) is 32.4 Å². The van der Waals surface area contributed by atoms with Crippen molar-refractivity contribution in [1.29, 1.82) is 0 Å². The first-order valence-corrected chi connectivity index (χ1v) is 10.0. The molecule has 0 atom stereocenters. The van der Waals surface area contributed by atoms with Crippen molar-refractivity contribution < 1.29 is 14.3 Å². The Bertz CT molecular complexity index is 1210. The molecule has 0 radical (unpaired) electrons. The average Bonchev–Trinajstić information content (AvgIpc) is 2.99. The molecule has 1 amide bonds. The number of carbonyl (C=O) groups is 1. The fourth-order valence-electron chi connectivity index (χ4n) is 3.96. The van der Waals surface area contributed by atoms with Crippen LogP contribution in [0.2, 0.25) is 0 Å². The van der Waals surface area contributed by atoms with E-state index in [-0.39, 0.29) is 22.8 Å². The summed E-state index contributed by atoms with van der Waals surface area (Å²) in [6.45, 7) is 7.68. The molecule has 1 saturated heterocycles. The maximum Gasteiger partial charge on any atom is 0.333 e. The molecule has 0 aliphatic carbocycles. The number of H-pyrrole nitrogens is 1. The summed E-state index contributed by atoms with van der Waals surface area (Å²) in [7, 11) is 0. The average molecular weight is 425 g/mol. The van der Waals surface area contributed by atoms with Crippen molar-refractivity contribution in [1.82, 2.24) is 19.4 Å². The summed E-state index contributed by atoms with van der Waals surface area (Å²) < 4.78 is 15.9. The molecule has 9 heteroatoms. The van der Waals surface area contributed by atoms with E-state index in [9.17, 15) is 19.1 Å². The molecular formula is C22H24FN5O3. The number of imidazole rings is 1. The monoisotopic (exact) mass is 425 g/mol. The third kappa shape index (κ3) is 3.78. The molecule has 1 aliphatic heterocycles. The third-order valence-electron chi connectivity index (χ3n) is 5.60. The zero-order valence-corrected chi connectivity index (χ0v) is 17.6. The number of carbonyl (C=O) groups excluding carboxylic acids is 1. The molecule has 1 aromatic carbocycles. The zero-order chi connectivity index (χ0) is 22.3. The Morgan fingerprint density at radius 3 is 2.42 bits per heavy atom. The Morgan fingerprint density at radius 2 is 1.84 bits per heavy atom. The van der Waals surface area contributed by atoms with E-state index < -0.39 is 17.4 Å². The van der Waals surface area contributed by atoms with Crippen LogP contribution >= 0.6 is 0 Å². The van der Waals surface area contributed by atoms with Gasteiger partial charge in [-0.15, -0.1) is 0 Å². The summed E-state index contributed by atoms with van der Waals surface area (Å²) in [4.78, 5) is 35.4. The van der Waals surface area contributed by atoms with Gasteiger partial charge in [0.15, 0.2) is 0 Å². The second kappa shape index (κ2) is 7.90. The number of nitrogens with one attached hydrogen (secondary N) is 1. The maximum absolute atomic E-state index is 14.8. The van der Waals surface area contributed by atoms with Crippen LogP contribution in [0.15, 0.2) is 35.3 Å². The lowest BCUT2D eigenvalue weighted by molar-refractivity contribution is 0.0742. The number of piperazine rings is 1. The lowest BCUT2D eigenvalue weighted by atomic mass is 10.1. The lowest BCUT2D eigenvalue weighted by Gasteiger charge is -2.36. The number of anilines is 1. The lowest BCUT2D eigenvalue weighted by Crippen LogP contribution is -2.49. The van der Waals surface area contributed by atoms with Gasteiger partial charge in [-0.25, -0.2) is 14.2 Å². The molecule has 2 N–H and O–H groups in total. The van der Waals surface area contributed by atoms with Crippen molar-refractivity contribution in [2.24, 2.45) is 0 Å². The molecule has 3 aromatic rings. The molecule has 0 unspecified atom stereocenters. The molecule has 2 aromatic heterocycles. The standard InChI is InChI=1S/C22H24FN5O3/c1-13-10-14(2)19(24-12-13)26-6-8-27(9-7-26)21(30)17-5-4-16(11-18(17)23)28-15(3)20(29)25-22(28)31/h4-5,10-12,29H,6-9H2,1-3H3,(H,25,31). The summed E-state index contributed by atoms with van der Waals surface area (Å²) in [5.41, 5.74) is 2.05. The highest BCUT2D eigenvalue weighted by Gasteiger charge is 2.26. The molecule has 8 nitrogen and oxygen atoms in total. The number of aromatic nitrogens is 3. The summed E-state index contributed by atoms with van der Waals surface area (Å²) in [6.07, 6.45) is 1.83. The van der Waals surface area contributed by atoms with Crippen molar-refractivity contribution in [3.63, 3.8) is 0 Å². The summed E-state index contributed by atoms with van der Waals surface area (Å²) in [5.74, 6) is -0.475. The number of aryl methyl sites for hydroxylation is 2. The van der Waals surface area contributed by atoms with E-state index in [1.165, 1.54) is 19.1 Å². The van der Waals surface area contributed by atoms with Crippen molar-refractivity contribution in [3.05, 3.63) is 69.1 Å². The second-order valence-corrected chi connectivity index (χ2v) is 7.80. The third-order valence-corrected chi connectivity index (χ3v) is 5.60. The van der Waals surface area contributed by atoms with Crippen LogP contribution in [-0.4, -0.2) is 56.6 Å². The molecule has 3 heterocycles. The van der Waals surface area contributed by atoms with Crippen LogP contribution in [0.4, 0.5) is 10.2 Å². The van der Waals surface area contributed by atoms with Crippen LogP contribution in [-0.2, 0) is 0 Å². The quantitative estimate of drug-likeness (QED) is 0.672. The van der Waals surface area contributed by atoms with Crippen LogP contribution in [0.25, 0.3) is 5.69 Å². The predicted molar refractivity (Wildman–Crippen MR) is 115 cm³/mol. The van der Waals surface area contributed by atoms with Gasteiger partial charge in [-0.3, -0.25) is 14.3 Å². The van der Waals surface area contributed by atoms with Crippen LogP contribution < -0.4 is 10.6 Å². The fraction of sp³-hybridized carbons (Fsp3) is 0.318. The van der Waals surface area contributed by atoms with Gasteiger partial charge in [0.25, 0.3) is 5.91 Å². The molecule has 1 aliphatic rings. The molecule has 0 saturated carbocycles. The zero-order valence-electron chi connectivity index (χ0n) is 17.6. The molecule has 0 bridgehead atoms. The van der Waals surface area contributed by atoms with Gasteiger partial charge in [-0.1, -0.05) is 6.07 Å². The van der Waals surface area contributed by atoms with E-state index in [4.69, 9.17) is 0 Å². The van der Waals surface area contributed by atoms with Gasteiger partial charge in [0.05, 0.1) is 16.9 Å². The number of aromatic amines is 1. The number of benzene rings is 1. The topological polar surface area (TPSA) is 94.5 Å². The Labute approximate surface area is 178 Å². The number of hydrogen-bond donors (Lipinski definition) is 2. The van der Waals surface area contributed by atoms with Gasteiger partial charge in [-0.05, 0) is 50.1 Å². The number of hydrogen-bond acceptors (Lipinski definition) is 5. The molecule has 0 spiro atoms. The predicted octanol–water partition coefficient (Wildman–Crippen LogP) is 2.29. The first kappa shape index (κ1) is 20.6. The van der Waals surface area contributed by atoms with Crippen molar-refractivity contribution >= 4 is 11.7 Å². The van der Waals surface area contributed by atoms with Gasteiger partial charge in [0.2, 0.25) is 5.88 Å². The highest BCUT2D eigenvalue weighted by atomic mass is 19.1. The van der Waals surface area contributed by atoms with Crippen LogP contribution in [0.3, 0.4) is 0 Å². The number of aromatic hydroxyl groups is 1. The number of pyridine rings is 1. The highest BCUT2D eigenvalue weighted by molar-refractivity contribution is 5.95. The van der Waals surface area contributed by atoms with Gasteiger partial charge in [0.1, 0.15) is 11.6 Å². The van der Waals surface area contributed by atoms with Crippen molar-refractivity contribution in [2.45, 2.75) is 20.8 Å². The first-order valence-electron chi connectivity index (χ1n) is 10.0. The van der Waals surface area contributed by atoms with E-state index in [0.29, 0.717) is 26.2 Å². The van der Waals surface area contributed by atoms with Gasteiger partial charge < -0.3 is 14.9 Å². The minimum Gasteiger partial charge on any atom is -0.493 e. The molecule has 31 heavy (non-hydrogen) atoms. The summed E-state index contributed by atoms with van der Waals surface area (Å²) in [6, 6.07) is 6.08. The second-order valence-electron chi connectivity index (χ2n) is 7.80. The van der Waals surface area contributed by atoms with E-state index in [1.54, 1.807) is 4.90 Å². The molecule has 1 fully saturated rings. The van der Waals surface area contributed by atoms with Crippen LogP contribution in [0.5, 0.6) is 5.88 Å². The van der Waals surface area contributed by atoms with Crippen LogP contribution in [0.1, 0.15) is 27.2 Å². The van der Waals surface area contributed by atoms with Crippen LogP contribution in [0, 0.1) is 26.6 Å². The van der Waals surface area contributed by atoms with E-state index in [2.05, 4.69) is 20.9 Å². The Kier molecular flexibility index (Phi) is 5.26. The molecule has 162 valence electrons. The number of nitrogens with zero attached hydrogens (tertiary/aromatic N) is 4. The molecular weight excluding hydrogens is 401 g/mol. The number of halogens is 1. The van der Waals surface area contributed by atoms with Gasteiger partial charge in [-0.2, -0.15) is 0 Å². The smallest absolute Gasteiger partial charge is 0.333 e. The molecule has 4 rings (SSSR count). The van der Waals surface area contributed by atoms with Gasteiger partial charge >= 0.3 is 5.69 Å². The fourth-order valence-corrected chi connectivity index (χ4v) is 3.96. The van der Waals surface area contributed by atoms with E-state index >= 15 is 0 Å². The maximum atomic E-state index is 14.8. The number of rotatable bonds is 3. The summed E-state index contributed by atoms with van der Waals surface area (Å²) >= 11 is 0. The van der Waals surface area contributed by atoms with Crippen molar-refractivity contribution in [3.8, 4) is 11.6 Å². The Morgan fingerprint density at radius 1 is 1.13 bits per heavy atom. The SMILES string of the molecule is Cc1cnc(N2CCN(C(=O)c3ccc(-n4c(C)c(O)[nH]c4=O)cc3F)CC2)c(C)c1. The first-order chi connectivity index (χ1) is 14.8. The Hall–Kier alpha value is -3.62. The minimum absolute atomic E-state index is 0.0488. The largest absolute Gasteiger partial charge is 0.493 e. The number of amides is 1. The normalized spacial score (nSPS) is 14.2. The van der Waals surface area contributed by atoms with Crippen molar-refractivity contribution in [2.75, 3.05) is 31.1 Å². The highest BCUT2D eigenvalue weighted by Crippen LogP contribution is 2.22. The minimum atomic E-state index is -0.715. The van der Waals surface area contributed by atoms with E-state index in [1.807, 2.05) is 20.0 Å². The van der Waals surface area contributed by atoms with E-state index in [0.717, 1.165) is 27.6 Å². The Balaban J connectivity index is 1.50.